The van der Waals surface area contributed by atoms with Crippen molar-refractivity contribution in [3.05, 3.63) is 20.8 Å². The van der Waals surface area contributed by atoms with E-state index in [9.17, 15) is 0 Å². The van der Waals surface area contributed by atoms with Gasteiger partial charge >= 0.3 is 0 Å². The standard InChI is InChI=1S/C12H16BrClOS/c1-2-15-9-5-8(6-9)7-10(14)11-3-4-12(13)16-11/h3-4,8-10H,2,5-7H2,1H3. The molecule has 1 unspecified atom stereocenters. The van der Waals surface area contributed by atoms with E-state index in [1.807, 2.05) is 0 Å². The summed E-state index contributed by atoms with van der Waals surface area (Å²) in [5.74, 6) is 0.750. The summed E-state index contributed by atoms with van der Waals surface area (Å²) in [6.07, 6.45) is 3.94. The Kier molecular flexibility index (Phi) is 4.71. The lowest BCUT2D eigenvalue weighted by Gasteiger charge is -2.35. The number of thiophene rings is 1. The molecule has 1 saturated carbocycles. The van der Waals surface area contributed by atoms with Gasteiger partial charge in [-0.1, -0.05) is 0 Å². The molecule has 1 aromatic rings. The quantitative estimate of drug-likeness (QED) is 0.693. The Hall–Kier alpha value is 0.430. The Labute approximate surface area is 114 Å². The Morgan fingerprint density at radius 3 is 2.88 bits per heavy atom. The number of alkyl halides is 1. The molecule has 90 valence electrons. The first kappa shape index (κ1) is 12.9. The van der Waals surface area contributed by atoms with Crippen molar-refractivity contribution in [2.75, 3.05) is 6.61 Å². The third-order valence-electron chi connectivity index (χ3n) is 3.04. The summed E-state index contributed by atoms with van der Waals surface area (Å²) in [5.41, 5.74) is 0. The predicted molar refractivity (Wildman–Crippen MR) is 73.4 cm³/mol. The van der Waals surface area contributed by atoms with Gasteiger partial charge in [-0.3, -0.25) is 0 Å². The lowest BCUT2D eigenvalue weighted by Crippen LogP contribution is -2.31. The highest BCUT2D eigenvalue weighted by atomic mass is 79.9. The molecule has 1 heterocycles. The SMILES string of the molecule is CCOC1CC(CC(Cl)c2ccc(Br)s2)C1. The van der Waals surface area contributed by atoms with Gasteiger partial charge in [0, 0.05) is 11.5 Å². The van der Waals surface area contributed by atoms with E-state index in [1.54, 1.807) is 11.3 Å². The summed E-state index contributed by atoms with van der Waals surface area (Å²) in [4.78, 5) is 1.27. The summed E-state index contributed by atoms with van der Waals surface area (Å²) in [7, 11) is 0. The van der Waals surface area contributed by atoms with Crippen LogP contribution in [0.4, 0.5) is 0 Å². The van der Waals surface area contributed by atoms with Crippen LogP contribution < -0.4 is 0 Å². The topological polar surface area (TPSA) is 9.23 Å². The van der Waals surface area contributed by atoms with E-state index in [0.717, 1.165) is 22.7 Å². The lowest BCUT2D eigenvalue weighted by molar-refractivity contribution is -0.0266. The smallest absolute Gasteiger partial charge is 0.0701 e. The van der Waals surface area contributed by atoms with Gasteiger partial charge in [0.2, 0.25) is 0 Å². The summed E-state index contributed by atoms with van der Waals surface area (Å²) in [6.45, 7) is 2.89. The van der Waals surface area contributed by atoms with E-state index in [1.165, 1.54) is 17.7 Å². The van der Waals surface area contributed by atoms with E-state index in [-0.39, 0.29) is 5.38 Å². The second-order valence-electron chi connectivity index (χ2n) is 4.26. The van der Waals surface area contributed by atoms with Gasteiger partial charge in [-0.05, 0) is 60.2 Å². The van der Waals surface area contributed by atoms with Gasteiger partial charge in [-0.15, -0.1) is 22.9 Å². The van der Waals surface area contributed by atoms with E-state index in [2.05, 4.69) is 35.0 Å². The minimum absolute atomic E-state index is 0.170. The zero-order valence-corrected chi connectivity index (χ0v) is 12.4. The van der Waals surface area contributed by atoms with Gasteiger partial charge in [0.15, 0.2) is 0 Å². The molecule has 1 aromatic heterocycles. The van der Waals surface area contributed by atoms with Crippen molar-refractivity contribution in [1.29, 1.82) is 0 Å². The van der Waals surface area contributed by atoms with E-state index < -0.39 is 0 Å². The van der Waals surface area contributed by atoms with Crippen molar-refractivity contribution < 1.29 is 4.74 Å². The third kappa shape index (κ3) is 3.22. The van der Waals surface area contributed by atoms with Gasteiger partial charge < -0.3 is 4.74 Å². The minimum Gasteiger partial charge on any atom is -0.378 e. The van der Waals surface area contributed by atoms with Crippen molar-refractivity contribution in [3.8, 4) is 0 Å². The summed E-state index contributed by atoms with van der Waals surface area (Å²) in [5, 5.41) is 0.170. The zero-order chi connectivity index (χ0) is 11.5. The maximum atomic E-state index is 6.40. The second-order valence-corrected chi connectivity index (χ2v) is 7.28. The Morgan fingerprint density at radius 1 is 1.56 bits per heavy atom. The first-order valence-corrected chi connectivity index (χ1v) is 7.74. The fourth-order valence-electron chi connectivity index (χ4n) is 2.14. The van der Waals surface area contributed by atoms with E-state index in [0.29, 0.717) is 6.10 Å². The van der Waals surface area contributed by atoms with Gasteiger partial charge in [-0.25, -0.2) is 0 Å². The molecule has 1 fully saturated rings. The molecule has 16 heavy (non-hydrogen) atoms. The Balaban J connectivity index is 1.75. The largest absolute Gasteiger partial charge is 0.378 e. The molecule has 1 aliphatic carbocycles. The van der Waals surface area contributed by atoms with Crippen LogP contribution in [0.3, 0.4) is 0 Å². The van der Waals surface area contributed by atoms with Crippen LogP contribution in [-0.2, 0) is 4.74 Å². The molecular formula is C12H16BrClOS. The van der Waals surface area contributed by atoms with Gasteiger partial charge in [0.1, 0.15) is 0 Å². The number of rotatable bonds is 5. The average Bonchev–Trinajstić information content (AvgIpc) is 2.61. The van der Waals surface area contributed by atoms with Crippen molar-refractivity contribution >= 4 is 38.9 Å². The lowest BCUT2D eigenvalue weighted by atomic mass is 9.79. The zero-order valence-electron chi connectivity index (χ0n) is 9.29. The molecule has 0 amide bonds. The third-order valence-corrected chi connectivity index (χ3v) is 5.32. The van der Waals surface area contributed by atoms with Crippen LogP contribution in [0.15, 0.2) is 15.9 Å². The average molecular weight is 324 g/mol. The van der Waals surface area contributed by atoms with Crippen LogP contribution in [0, 0.1) is 5.92 Å². The van der Waals surface area contributed by atoms with Crippen molar-refractivity contribution in [1.82, 2.24) is 0 Å². The molecule has 0 aromatic carbocycles. The number of hydrogen-bond donors (Lipinski definition) is 0. The van der Waals surface area contributed by atoms with Gasteiger partial charge in [0.05, 0.1) is 15.3 Å². The summed E-state index contributed by atoms with van der Waals surface area (Å²) in [6, 6.07) is 4.18. The van der Waals surface area contributed by atoms with Crippen LogP contribution >= 0.6 is 38.9 Å². The van der Waals surface area contributed by atoms with Crippen LogP contribution in [0.1, 0.15) is 36.4 Å². The molecule has 1 aliphatic rings. The summed E-state index contributed by atoms with van der Waals surface area (Å²) < 4.78 is 6.71. The molecular weight excluding hydrogens is 308 g/mol. The van der Waals surface area contributed by atoms with Gasteiger partial charge in [-0.2, -0.15) is 0 Å². The molecule has 2 rings (SSSR count). The molecule has 4 heteroatoms. The number of ether oxygens (including phenoxy) is 1. The van der Waals surface area contributed by atoms with Gasteiger partial charge in [0.25, 0.3) is 0 Å². The summed E-state index contributed by atoms with van der Waals surface area (Å²) >= 11 is 11.6. The monoisotopic (exact) mass is 322 g/mol. The molecule has 0 bridgehead atoms. The highest BCUT2D eigenvalue weighted by Crippen LogP contribution is 2.41. The molecule has 0 radical (unpaired) electrons. The highest BCUT2D eigenvalue weighted by molar-refractivity contribution is 9.11. The van der Waals surface area contributed by atoms with Crippen molar-refractivity contribution in [2.24, 2.45) is 5.92 Å². The maximum absolute atomic E-state index is 6.40. The predicted octanol–water partition coefficient (Wildman–Crippen LogP) is 5.00. The maximum Gasteiger partial charge on any atom is 0.0701 e. The normalized spacial score (nSPS) is 26.4. The van der Waals surface area contributed by atoms with Crippen LogP contribution in [0.25, 0.3) is 0 Å². The van der Waals surface area contributed by atoms with Crippen LogP contribution in [0.5, 0.6) is 0 Å². The van der Waals surface area contributed by atoms with Crippen LogP contribution in [-0.4, -0.2) is 12.7 Å². The number of halogens is 2. The van der Waals surface area contributed by atoms with Crippen molar-refractivity contribution in [3.63, 3.8) is 0 Å². The molecule has 1 atom stereocenters. The molecule has 1 nitrogen and oxygen atoms in total. The first-order valence-electron chi connectivity index (χ1n) is 5.70. The number of hydrogen-bond acceptors (Lipinski definition) is 2. The fourth-order valence-corrected chi connectivity index (χ4v) is 4.02. The van der Waals surface area contributed by atoms with E-state index >= 15 is 0 Å². The molecule has 0 saturated heterocycles. The fraction of sp³-hybridized carbons (Fsp3) is 0.667. The molecule has 0 spiro atoms. The first-order chi connectivity index (χ1) is 7.69. The highest BCUT2D eigenvalue weighted by Gasteiger charge is 2.31. The molecule has 0 aliphatic heterocycles. The Morgan fingerprint density at radius 2 is 2.31 bits per heavy atom. The van der Waals surface area contributed by atoms with Crippen molar-refractivity contribution in [2.45, 2.75) is 37.7 Å². The Bertz CT molecular complexity index is 336. The minimum atomic E-state index is 0.170. The van der Waals surface area contributed by atoms with E-state index in [4.69, 9.17) is 16.3 Å². The van der Waals surface area contributed by atoms with Crippen LogP contribution in [0.2, 0.25) is 0 Å². The molecule has 0 N–H and O–H groups in total. The second kappa shape index (κ2) is 5.85.